The number of methoxy groups -OCH3 is 1. The van der Waals surface area contributed by atoms with Gasteiger partial charge in [0, 0.05) is 25.2 Å². The minimum absolute atomic E-state index is 0.0647. The van der Waals surface area contributed by atoms with E-state index >= 15 is 0 Å². The van der Waals surface area contributed by atoms with Gasteiger partial charge in [0.2, 0.25) is 0 Å². The number of hydrogen-bond acceptors (Lipinski definition) is 2. The van der Waals surface area contributed by atoms with Gasteiger partial charge in [-0.2, -0.15) is 0 Å². The Kier molecular flexibility index (Phi) is 6.93. The van der Waals surface area contributed by atoms with Crippen molar-refractivity contribution in [3.63, 3.8) is 0 Å². The van der Waals surface area contributed by atoms with Crippen LogP contribution in [0.25, 0.3) is 0 Å². The molecule has 0 amide bonds. The molecule has 1 N–H and O–H groups in total. The van der Waals surface area contributed by atoms with Gasteiger partial charge in [-0.25, -0.2) is 4.39 Å². The van der Waals surface area contributed by atoms with Crippen molar-refractivity contribution < 1.29 is 9.13 Å². The van der Waals surface area contributed by atoms with Crippen LogP contribution in [0.2, 0.25) is 5.02 Å². The first-order valence-electron chi connectivity index (χ1n) is 7.02. The highest BCUT2D eigenvalue weighted by Gasteiger charge is 2.29. The Balaban J connectivity index is 2.74. The maximum absolute atomic E-state index is 13.1. The molecule has 0 aromatic heterocycles. The fourth-order valence-corrected chi connectivity index (χ4v) is 2.35. The molecule has 0 spiro atoms. The van der Waals surface area contributed by atoms with Crippen molar-refractivity contribution in [3.8, 4) is 0 Å². The topological polar surface area (TPSA) is 21.3 Å². The molecular formula is C16H25ClFNO. The molecule has 20 heavy (non-hydrogen) atoms. The van der Waals surface area contributed by atoms with Crippen molar-refractivity contribution in [2.24, 2.45) is 11.3 Å². The normalized spacial score (nSPS) is 14.6. The average molecular weight is 302 g/mol. The van der Waals surface area contributed by atoms with Crippen molar-refractivity contribution in [1.29, 1.82) is 0 Å². The summed E-state index contributed by atoms with van der Waals surface area (Å²) in [5.41, 5.74) is 1.06. The molecular weight excluding hydrogens is 277 g/mol. The monoisotopic (exact) mass is 301 g/mol. The number of benzene rings is 1. The Labute approximate surface area is 126 Å². The first-order chi connectivity index (χ1) is 9.39. The van der Waals surface area contributed by atoms with E-state index in [0.29, 0.717) is 17.5 Å². The van der Waals surface area contributed by atoms with Gasteiger partial charge < -0.3 is 10.1 Å². The number of hydrogen-bond donors (Lipinski definition) is 1. The summed E-state index contributed by atoms with van der Waals surface area (Å²) in [4.78, 5) is 0. The van der Waals surface area contributed by atoms with Gasteiger partial charge in [-0.15, -0.1) is 0 Å². The molecule has 0 aliphatic carbocycles. The minimum atomic E-state index is -0.289. The van der Waals surface area contributed by atoms with Gasteiger partial charge >= 0.3 is 0 Å². The van der Waals surface area contributed by atoms with E-state index in [4.69, 9.17) is 16.3 Å². The van der Waals surface area contributed by atoms with Gasteiger partial charge in [0.15, 0.2) is 0 Å². The van der Waals surface area contributed by atoms with Crippen LogP contribution in [0.5, 0.6) is 0 Å². The molecule has 1 rings (SSSR count). The summed E-state index contributed by atoms with van der Waals surface area (Å²) in [6.07, 6.45) is 0.823. The van der Waals surface area contributed by atoms with E-state index in [1.165, 1.54) is 12.1 Å². The highest BCUT2D eigenvalue weighted by molar-refractivity contribution is 6.31. The van der Waals surface area contributed by atoms with Gasteiger partial charge in [-0.05, 0) is 35.4 Å². The summed E-state index contributed by atoms with van der Waals surface area (Å²) in [5, 5.41) is 3.93. The molecule has 0 aliphatic heterocycles. The summed E-state index contributed by atoms with van der Waals surface area (Å²) >= 11 is 6.14. The summed E-state index contributed by atoms with van der Waals surface area (Å²) in [7, 11) is 1.70. The fraction of sp³-hybridized carbons (Fsp3) is 0.625. The van der Waals surface area contributed by atoms with Crippen molar-refractivity contribution in [3.05, 3.63) is 34.6 Å². The average Bonchev–Trinajstić information content (AvgIpc) is 2.38. The Morgan fingerprint density at radius 2 is 2.10 bits per heavy atom. The van der Waals surface area contributed by atoms with Crippen LogP contribution in [-0.4, -0.2) is 26.8 Å². The van der Waals surface area contributed by atoms with Crippen LogP contribution in [-0.2, 0) is 11.2 Å². The molecule has 2 nitrogen and oxygen atoms in total. The molecule has 0 fully saturated rings. The number of halogens is 2. The third kappa shape index (κ3) is 5.04. The molecule has 1 aromatic rings. The van der Waals surface area contributed by atoms with Gasteiger partial charge in [-0.3, -0.25) is 0 Å². The zero-order valence-electron chi connectivity index (χ0n) is 12.8. The van der Waals surface area contributed by atoms with Crippen LogP contribution < -0.4 is 5.32 Å². The summed E-state index contributed by atoms with van der Waals surface area (Å²) < 4.78 is 18.2. The van der Waals surface area contributed by atoms with Crippen molar-refractivity contribution in [1.82, 2.24) is 5.32 Å². The first-order valence-corrected chi connectivity index (χ1v) is 7.40. The molecule has 1 aromatic carbocycles. The van der Waals surface area contributed by atoms with E-state index in [-0.39, 0.29) is 11.2 Å². The second-order valence-corrected chi connectivity index (χ2v) is 6.30. The van der Waals surface area contributed by atoms with E-state index in [2.05, 4.69) is 26.1 Å². The summed E-state index contributed by atoms with van der Waals surface area (Å²) in [6, 6.07) is 4.64. The van der Waals surface area contributed by atoms with Gasteiger partial charge in [-0.1, -0.05) is 38.4 Å². The molecule has 0 saturated heterocycles. The standard InChI is InChI=1S/C16H25ClFNO/c1-12(2)16(3,11-19-7-8-20-4)10-13-5-6-14(18)9-15(13)17/h5-6,9,12,19H,7-8,10-11H2,1-4H3. The molecule has 0 saturated carbocycles. The summed E-state index contributed by atoms with van der Waals surface area (Å²) in [6.45, 7) is 9.05. The van der Waals surface area contributed by atoms with E-state index < -0.39 is 0 Å². The fourth-order valence-electron chi connectivity index (χ4n) is 2.12. The van der Waals surface area contributed by atoms with Crippen LogP contribution in [0.4, 0.5) is 4.39 Å². The van der Waals surface area contributed by atoms with E-state index in [1.54, 1.807) is 13.2 Å². The predicted octanol–water partition coefficient (Wildman–Crippen LogP) is 3.92. The zero-order chi connectivity index (χ0) is 15.2. The lowest BCUT2D eigenvalue weighted by atomic mass is 9.74. The third-order valence-corrected chi connectivity index (χ3v) is 4.37. The number of ether oxygens (including phenoxy) is 1. The maximum atomic E-state index is 13.1. The second-order valence-electron chi connectivity index (χ2n) is 5.89. The number of nitrogens with one attached hydrogen (secondary N) is 1. The maximum Gasteiger partial charge on any atom is 0.124 e. The third-order valence-electron chi connectivity index (χ3n) is 4.02. The molecule has 4 heteroatoms. The Morgan fingerprint density at radius 3 is 2.65 bits per heavy atom. The Bertz CT molecular complexity index is 425. The van der Waals surface area contributed by atoms with Gasteiger partial charge in [0.25, 0.3) is 0 Å². The zero-order valence-corrected chi connectivity index (χ0v) is 13.6. The Morgan fingerprint density at radius 1 is 1.40 bits per heavy atom. The second kappa shape index (κ2) is 7.96. The van der Waals surface area contributed by atoms with Crippen molar-refractivity contribution in [2.75, 3.05) is 26.8 Å². The quantitative estimate of drug-likeness (QED) is 0.735. The summed E-state index contributed by atoms with van der Waals surface area (Å²) in [5.74, 6) is 0.196. The SMILES string of the molecule is COCCNCC(C)(Cc1ccc(F)cc1Cl)C(C)C. The van der Waals surface area contributed by atoms with Crippen LogP contribution in [0, 0.1) is 17.2 Å². The minimum Gasteiger partial charge on any atom is -0.383 e. The molecule has 0 bridgehead atoms. The molecule has 114 valence electrons. The lowest BCUT2D eigenvalue weighted by Crippen LogP contribution is -2.39. The first kappa shape index (κ1) is 17.4. The van der Waals surface area contributed by atoms with E-state index in [0.717, 1.165) is 25.1 Å². The van der Waals surface area contributed by atoms with Crippen LogP contribution >= 0.6 is 11.6 Å². The van der Waals surface area contributed by atoms with Crippen LogP contribution in [0.15, 0.2) is 18.2 Å². The number of rotatable bonds is 8. The van der Waals surface area contributed by atoms with Crippen molar-refractivity contribution in [2.45, 2.75) is 27.2 Å². The van der Waals surface area contributed by atoms with Crippen LogP contribution in [0.3, 0.4) is 0 Å². The highest BCUT2D eigenvalue weighted by atomic mass is 35.5. The molecule has 0 heterocycles. The van der Waals surface area contributed by atoms with E-state index in [9.17, 15) is 4.39 Å². The Hall–Kier alpha value is -0.640. The highest BCUT2D eigenvalue weighted by Crippen LogP contribution is 2.33. The lowest BCUT2D eigenvalue weighted by Gasteiger charge is -2.34. The molecule has 0 radical (unpaired) electrons. The smallest absolute Gasteiger partial charge is 0.124 e. The molecule has 0 aliphatic rings. The largest absolute Gasteiger partial charge is 0.383 e. The van der Waals surface area contributed by atoms with Gasteiger partial charge in [0.1, 0.15) is 5.82 Å². The predicted molar refractivity (Wildman–Crippen MR) is 82.8 cm³/mol. The van der Waals surface area contributed by atoms with Crippen LogP contribution in [0.1, 0.15) is 26.3 Å². The van der Waals surface area contributed by atoms with Gasteiger partial charge in [0.05, 0.1) is 6.61 Å². The van der Waals surface area contributed by atoms with E-state index in [1.807, 2.05) is 0 Å². The van der Waals surface area contributed by atoms with Crippen molar-refractivity contribution >= 4 is 11.6 Å². The molecule has 1 unspecified atom stereocenters. The molecule has 1 atom stereocenters. The lowest BCUT2D eigenvalue weighted by molar-refractivity contribution is 0.175.